The second-order valence-corrected chi connectivity index (χ2v) is 8.63. The summed E-state index contributed by atoms with van der Waals surface area (Å²) in [6.07, 6.45) is 3.33. The van der Waals surface area contributed by atoms with E-state index in [1.807, 2.05) is 54.8 Å². The van der Waals surface area contributed by atoms with Crippen LogP contribution in [0.4, 0.5) is 11.4 Å². The molecule has 3 rings (SSSR count). The molecule has 3 aromatic rings. The number of ether oxygens (including phenoxy) is 1. The average molecular weight is 491 g/mol. The zero-order valence-electron chi connectivity index (χ0n) is 19.0. The fraction of sp³-hybridized carbons (Fsp3) is 0.375. The van der Waals surface area contributed by atoms with Gasteiger partial charge < -0.3 is 14.5 Å². The highest BCUT2D eigenvalue weighted by atomic mass is 35.5. The van der Waals surface area contributed by atoms with Crippen molar-refractivity contribution in [2.45, 2.75) is 52.6 Å². The summed E-state index contributed by atoms with van der Waals surface area (Å²) in [6.45, 7) is 6.51. The summed E-state index contributed by atoms with van der Waals surface area (Å²) in [5, 5.41) is 9.19. The van der Waals surface area contributed by atoms with Gasteiger partial charge in [0.25, 0.3) is 0 Å². The summed E-state index contributed by atoms with van der Waals surface area (Å²) < 4.78 is 7.06. The van der Waals surface area contributed by atoms with Crippen molar-refractivity contribution in [1.82, 2.24) is 4.40 Å². The van der Waals surface area contributed by atoms with Crippen LogP contribution in [0.25, 0.3) is 5.52 Å². The van der Waals surface area contributed by atoms with Crippen LogP contribution in [0.2, 0.25) is 10.0 Å². The van der Waals surface area contributed by atoms with Gasteiger partial charge in [0.15, 0.2) is 0 Å². The monoisotopic (exact) mass is 490 g/mol. The summed E-state index contributed by atoms with van der Waals surface area (Å²) in [4.78, 5) is 24.0. The molecule has 1 aromatic carbocycles. The zero-order valence-corrected chi connectivity index (χ0v) is 20.5. The first kappa shape index (κ1) is 24.9. The van der Waals surface area contributed by atoms with Gasteiger partial charge in [0, 0.05) is 18.4 Å². The fourth-order valence-corrected chi connectivity index (χ4v) is 4.61. The Morgan fingerprint density at radius 1 is 1.24 bits per heavy atom. The van der Waals surface area contributed by atoms with Crippen LogP contribution in [-0.4, -0.2) is 23.0 Å². The van der Waals surface area contributed by atoms with Gasteiger partial charge >= 0.3 is 5.97 Å². The SMILES string of the molecule is CCCC(CC(=O)OCC)N(N=O)c1ccccc1NCc1cc(C)n2cc(Cl)cc(Cl)c12. The molecule has 176 valence electrons. The molecule has 0 aliphatic carbocycles. The van der Waals surface area contributed by atoms with Crippen LogP contribution in [0, 0.1) is 11.8 Å². The zero-order chi connectivity index (χ0) is 24.0. The summed E-state index contributed by atoms with van der Waals surface area (Å²) >= 11 is 12.6. The maximum Gasteiger partial charge on any atom is 0.307 e. The van der Waals surface area contributed by atoms with Gasteiger partial charge in [-0.15, -0.1) is 4.91 Å². The Labute approximate surface area is 203 Å². The highest BCUT2D eigenvalue weighted by Gasteiger charge is 2.25. The van der Waals surface area contributed by atoms with E-state index in [1.54, 1.807) is 13.0 Å². The Bertz CT molecular complexity index is 1130. The molecule has 9 heteroatoms. The molecule has 0 bridgehead atoms. The highest BCUT2D eigenvalue weighted by molar-refractivity contribution is 6.36. The average Bonchev–Trinajstić information content (AvgIpc) is 3.09. The normalized spacial score (nSPS) is 11.9. The number of pyridine rings is 1. The van der Waals surface area contributed by atoms with E-state index in [2.05, 4.69) is 10.6 Å². The maximum absolute atomic E-state index is 12.1. The van der Waals surface area contributed by atoms with Crippen LogP contribution < -0.4 is 10.3 Å². The summed E-state index contributed by atoms with van der Waals surface area (Å²) in [7, 11) is 0. The third-order valence-corrected chi connectivity index (χ3v) is 5.93. The lowest BCUT2D eigenvalue weighted by molar-refractivity contribution is -0.143. The van der Waals surface area contributed by atoms with Gasteiger partial charge in [-0.25, -0.2) is 5.01 Å². The molecule has 1 atom stereocenters. The summed E-state index contributed by atoms with van der Waals surface area (Å²) in [6, 6.07) is 10.8. The van der Waals surface area contributed by atoms with Gasteiger partial charge in [0.1, 0.15) is 0 Å². The number of para-hydroxylation sites is 2. The lowest BCUT2D eigenvalue weighted by atomic mass is 10.1. The number of hydrogen-bond acceptors (Lipinski definition) is 5. The molecule has 0 saturated carbocycles. The molecule has 0 aliphatic rings. The standard InChI is InChI=1S/C24H28Cl2N4O3/c1-4-8-19(13-23(31)33-5-2)30(28-32)22-10-7-6-9-21(22)27-14-17-11-16(3)29-15-18(25)12-20(26)24(17)29/h6-7,9-12,15,19,27H,4-5,8,13-14H2,1-3H3. The van der Waals surface area contributed by atoms with Crippen LogP contribution in [0.15, 0.2) is 47.9 Å². The highest BCUT2D eigenvalue weighted by Crippen LogP contribution is 2.32. The second kappa shape index (κ2) is 11.4. The quantitative estimate of drug-likeness (QED) is 0.182. The van der Waals surface area contributed by atoms with E-state index in [1.165, 1.54) is 5.01 Å². The van der Waals surface area contributed by atoms with Crippen molar-refractivity contribution >= 4 is 46.1 Å². The minimum Gasteiger partial charge on any atom is -0.466 e. The van der Waals surface area contributed by atoms with Gasteiger partial charge in [-0.1, -0.05) is 48.7 Å². The van der Waals surface area contributed by atoms with Crippen molar-refractivity contribution in [2.75, 3.05) is 16.9 Å². The topological polar surface area (TPSA) is 75.4 Å². The van der Waals surface area contributed by atoms with E-state index < -0.39 is 6.04 Å². The maximum atomic E-state index is 12.1. The van der Waals surface area contributed by atoms with E-state index in [4.69, 9.17) is 27.9 Å². The van der Waals surface area contributed by atoms with Gasteiger partial charge in [-0.05, 0) is 50.1 Å². The third-order valence-electron chi connectivity index (χ3n) is 5.43. The Hall–Kier alpha value is -2.77. The second-order valence-electron chi connectivity index (χ2n) is 7.78. The number of nitrogens with zero attached hydrogens (tertiary/aromatic N) is 3. The molecule has 7 nitrogen and oxygen atoms in total. The lowest BCUT2D eigenvalue weighted by Crippen LogP contribution is -2.33. The number of hydrogen-bond donors (Lipinski definition) is 1. The number of halogens is 2. The smallest absolute Gasteiger partial charge is 0.307 e. The molecule has 33 heavy (non-hydrogen) atoms. The first-order valence-electron chi connectivity index (χ1n) is 11.0. The number of fused-ring (bicyclic) bond motifs is 1. The summed E-state index contributed by atoms with van der Waals surface area (Å²) in [5.74, 6) is -0.348. The molecule has 0 radical (unpaired) electrons. The van der Waals surface area contributed by atoms with E-state index in [0.717, 1.165) is 28.9 Å². The molecule has 0 aliphatic heterocycles. The van der Waals surface area contributed by atoms with Crippen molar-refractivity contribution in [3.8, 4) is 0 Å². The largest absolute Gasteiger partial charge is 0.466 e. The molecular formula is C24H28Cl2N4O3. The minimum absolute atomic E-state index is 0.0848. The van der Waals surface area contributed by atoms with Crippen LogP contribution in [-0.2, 0) is 16.1 Å². The fourth-order valence-electron chi connectivity index (χ4n) is 4.02. The number of nitrogens with one attached hydrogen (secondary N) is 1. The lowest BCUT2D eigenvalue weighted by Gasteiger charge is -2.27. The molecule has 0 amide bonds. The number of aromatic nitrogens is 1. The van der Waals surface area contributed by atoms with Gasteiger partial charge in [-0.2, -0.15) is 0 Å². The number of aryl methyl sites for hydroxylation is 1. The predicted molar refractivity (Wildman–Crippen MR) is 134 cm³/mol. The number of esters is 1. The Balaban J connectivity index is 1.89. The van der Waals surface area contributed by atoms with Gasteiger partial charge in [0.05, 0.1) is 51.3 Å². The van der Waals surface area contributed by atoms with Crippen LogP contribution in [0.3, 0.4) is 0 Å². The number of carbonyl (C=O) groups excluding carboxylic acids is 1. The first-order chi connectivity index (χ1) is 15.9. The predicted octanol–water partition coefficient (Wildman–Crippen LogP) is 6.78. The Kier molecular flexibility index (Phi) is 8.58. The number of anilines is 2. The molecule has 0 saturated heterocycles. The minimum atomic E-state index is -0.399. The molecule has 1 N–H and O–H groups in total. The van der Waals surface area contributed by atoms with Gasteiger partial charge in [-0.3, -0.25) is 4.79 Å². The van der Waals surface area contributed by atoms with E-state index in [0.29, 0.717) is 35.3 Å². The molecule has 0 fully saturated rings. The molecule has 2 heterocycles. The Morgan fingerprint density at radius 2 is 2.00 bits per heavy atom. The molecule has 2 aromatic heterocycles. The van der Waals surface area contributed by atoms with Crippen LogP contribution >= 0.6 is 23.2 Å². The molecule has 1 unspecified atom stereocenters. The number of benzene rings is 1. The number of carbonyl (C=O) groups is 1. The van der Waals surface area contributed by atoms with E-state index in [9.17, 15) is 9.70 Å². The molecule has 0 spiro atoms. The Morgan fingerprint density at radius 3 is 2.70 bits per heavy atom. The molecular weight excluding hydrogens is 463 g/mol. The third kappa shape index (κ3) is 5.78. The van der Waals surface area contributed by atoms with Crippen molar-refractivity contribution in [1.29, 1.82) is 0 Å². The van der Waals surface area contributed by atoms with Crippen molar-refractivity contribution in [3.05, 3.63) is 68.8 Å². The van der Waals surface area contributed by atoms with Crippen molar-refractivity contribution in [3.63, 3.8) is 0 Å². The van der Waals surface area contributed by atoms with Crippen molar-refractivity contribution in [2.24, 2.45) is 5.29 Å². The van der Waals surface area contributed by atoms with Crippen LogP contribution in [0.5, 0.6) is 0 Å². The first-order valence-corrected chi connectivity index (χ1v) is 11.7. The van der Waals surface area contributed by atoms with E-state index >= 15 is 0 Å². The van der Waals surface area contributed by atoms with E-state index in [-0.39, 0.29) is 12.4 Å². The van der Waals surface area contributed by atoms with Gasteiger partial charge in [0.2, 0.25) is 0 Å². The van der Waals surface area contributed by atoms with Crippen LogP contribution in [0.1, 0.15) is 44.4 Å². The number of nitroso groups, excluding NO2 is 1. The summed E-state index contributed by atoms with van der Waals surface area (Å²) in [5.41, 5.74) is 4.20. The van der Waals surface area contributed by atoms with Crippen molar-refractivity contribution < 1.29 is 9.53 Å². The number of rotatable bonds is 11.